The van der Waals surface area contributed by atoms with Crippen molar-refractivity contribution in [2.45, 2.75) is 6.92 Å². The van der Waals surface area contributed by atoms with Gasteiger partial charge in [-0.2, -0.15) is 4.98 Å². The molecule has 31 heavy (non-hydrogen) atoms. The molecule has 7 heteroatoms. The number of halogens is 1. The first kappa shape index (κ1) is 20.0. The summed E-state index contributed by atoms with van der Waals surface area (Å²) in [4.78, 5) is 21.2. The number of hydrogen-bond acceptors (Lipinski definition) is 5. The Hall–Kier alpha value is -4.26. The topological polar surface area (TPSA) is 78.9 Å². The van der Waals surface area contributed by atoms with E-state index in [1.807, 2.05) is 55.5 Å². The molecule has 0 aliphatic rings. The van der Waals surface area contributed by atoms with Crippen LogP contribution in [0, 0.1) is 12.7 Å². The van der Waals surface area contributed by atoms with Crippen LogP contribution in [0.3, 0.4) is 0 Å². The van der Waals surface area contributed by atoms with Crippen LogP contribution >= 0.6 is 0 Å². The second-order valence-electron chi connectivity index (χ2n) is 6.87. The third kappa shape index (κ3) is 5.42. The molecule has 4 rings (SSSR count). The van der Waals surface area contributed by atoms with E-state index in [1.165, 1.54) is 24.3 Å². The van der Waals surface area contributed by atoms with Gasteiger partial charge in [-0.1, -0.05) is 18.2 Å². The number of carbonyl (C=O) groups excluding carboxylic acids is 1. The number of hydrogen-bond donors (Lipinski definition) is 3. The maximum Gasteiger partial charge on any atom is 0.255 e. The van der Waals surface area contributed by atoms with Crippen LogP contribution in [-0.2, 0) is 0 Å². The summed E-state index contributed by atoms with van der Waals surface area (Å²) < 4.78 is 13.0. The van der Waals surface area contributed by atoms with Crippen molar-refractivity contribution in [3.05, 3.63) is 102 Å². The fourth-order valence-corrected chi connectivity index (χ4v) is 2.93. The van der Waals surface area contributed by atoms with Gasteiger partial charge in [0.05, 0.1) is 0 Å². The first-order valence-corrected chi connectivity index (χ1v) is 9.67. The Morgan fingerprint density at radius 1 is 0.774 bits per heavy atom. The van der Waals surface area contributed by atoms with E-state index in [9.17, 15) is 9.18 Å². The lowest BCUT2D eigenvalue weighted by molar-refractivity contribution is 0.102. The Kier molecular flexibility index (Phi) is 5.84. The molecule has 0 atom stereocenters. The summed E-state index contributed by atoms with van der Waals surface area (Å²) >= 11 is 0. The molecule has 154 valence electrons. The Balaban J connectivity index is 1.43. The van der Waals surface area contributed by atoms with E-state index >= 15 is 0 Å². The third-order valence-corrected chi connectivity index (χ3v) is 4.41. The molecule has 0 aliphatic heterocycles. The second kappa shape index (κ2) is 9.04. The zero-order valence-electron chi connectivity index (χ0n) is 16.8. The number of aromatic nitrogens is 2. The highest BCUT2D eigenvalue weighted by Gasteiger charge is 2.07. The monoisotopic (exact) mass is 413 g/mol. The number of nitrogens with one attached hydrogen (secondary N) is 3. The van der Waals surface area contributed by atoms with Gasteiger partial charge in [-0.05, 0) is 67.6 Å². The molecule has 0 saturated heterocycles. The largest absolute Gasteiger partial charge is 0.340 e. The van der Waals surface area contributed by atoms with Gasteiger partial charge in [0.25, 0.3) is 5.91 Å². The molecule has 1 heterocycles. The van der Waals surface area contributed by atoms with E-state index in [2.05, 4.69) is 25.9 Å². The number of aryl methyl sites for hydroxylation is 1. The Labute approximate surface area is 179 Å². The summed E-state index contributed by atoms with van der Waals surface area (Å²) in [5.41, 5.74) is 3.54. The summed E-state index contributed by atoms with van der Waals surface area (Å²) in [6.07, 6.45) is 0. The van der Waals surface area contributed by atoms with Crippen LogP contribution < -0.4 is 16.0 Å². The van der Waals surface area contributed by atoms with Crippen LogP contribution in [0.25, 0.3) is 0 Å². The maximum absolute atomic E-state index is 13.0. The predicted octanol–water partition coefficient (Wildman–Crippen LogP) is 5.66. The van der Waals surface area contributed by atoms with Crippen molar-refractivity contribution >= 4 is 34.7 Å². The summed E-state index contributed by atoms with van der Waals surface area (Å²) in [7, 11) is 0. The first-order valence-electron chi connectivity index (χ1n) is 9.67. The highest BCUT2D eigenvalue weighted by Crippen LogP contribution is 2.20. The Bertz CT molecular complexity index is 1180. The number of nitrogens with zero attached hydrogens (tertiary/aromatic N) is 2. The van der Waals surface area contributed by atoms with Crippen molar-refractivity contribution in [1.82, 2.24) is 9.97 Å². The van der Waals surface area contributed by atoms with Gasteiger partial charge >= 0.3 is 0 Å². The van der Waals surface area contributed by atoms with E-state index in [1.54, 1.807) is 12.1 Å². The van der Waals surface area contributed by atoms with E-state index in [4.69, 9.17) is 0 Å². The minimum absolute atomic E-state index is 0.306. The van der Waals surface area contributed by atoms with Gasteiger partial charge in [0, 0.05) is 34.4 Å². The highest BCUT2D eigenvalue weighted by atomic mass is 19.1. The summed E-state index contributed by atoms with van der Waals surface area (Å²) in [6, 6.07) is 24.2. The van der Waals surface area contributed by atoms with Crippen LogP contribution in [0.5, 0.6) is 0 Å². The molecular weight excluding hydrogens is 393 g/mol. The molecule has 3 aromatic carbocycles. The molecule has 0 spiro atoms. The molecule has 0 saturated carbocycles. The van der Waals surface area contributed by atoms with Crippen LogP contribution in [0.2, 0.25) is 0 Å². The predicted molar refractivity (Wildman–Crippen MR) is 121 cm³/mol. The number of amides is 1. The van der Waals surface area contributed by atoms with Crippen LogP contribution in [0.15, 0.2) is 84.9 Å². The first-order chi connectivity index (χ1) is 15.0. The van der Waals surface area contributed by atoms with Crippen LogP contribution in [-0.4, -0.2) is 15.9 Å². The van der Waals surface area contributed by atoms with Crippen molar-refractivity contribution in [2.24, 2.45) is 0 Å². The molecule has 1 aromatic heterocycles. The Morgan fingerprint density at radius 2 is 1.42 bits per heavy atom. The van der Waals surface area contributed by atoms with Crippen molar-refractivity contribution < 1.29 is 9.18 Å². The zero-order chi connectivity index (χ0) is 21.6. The second-order valence-corrected chi connectivity index (χ2v) is 6.87. The van der Waals surface area contributed by atoms with E-state index in [0.717, 1.165) is 17.1 Å². The highest BCUT2D eigenvalue weighted by molar-refractivity contribution is 6.04. The van der Waals surface area contributed by atoms with Gasteiger partial charge in [-0.3, -0.25) is 4.79 Å². The van der Waals surface area contributed by atoms with Crippen molar-refractivity contribution in [1.29, 1.82) is 0 Å². The minimum atomic E-state index is -0.382. The summed E-state index contributed by atoms with van der Waals surface area (Å²) in [5.74, 6) is 0.456. The SMILES string of the molecule is Cc1cc(Nc2ccccc2)nc(Nc2ccc(NC(=O)c3ccc(F)cc3)cc2)n1. The lowest BCUT2D eigenvalue weighted by Crippen LogP contribution is -2.11. The van der Waals surface area contributed by atoms with Crippen molar-refractivity contribution in [2.75, 3.05) is 16.0 Å². The smallest absolute Gasteiger partial charge is 0.255 e. The molecule has 4 aromatic rings. The quantitative estimate of drug-likeness (QED) is 0.380. The van der Waals surface area contributed by atoms with E-state index < -0.39 is 0 Å². The minimum Gasteiger partial charge on any atom is -0.340 e. The molecule has 0 unspecified atom stereocenters. The number of anilines is 5. The molecule has 1 amide bonds. The molecular formula is C24H20FN5O. The fourth-order valence-electron chi connectivity index (χ4n) is 2.93. The normalized spacial score (nSPS) is 10.4. The zero-order valence-corrected chi connectivity index (χ0v) is 16.8. The number of carbonyl (C=O) groups is 1. The van der Waals surface area contributed by atoms with Gasteiger partial charge < -0.3 is 16.0 Å². The average molecular weight is 413 g/mol. The third-order valence-electron chi connectivity index (χ3n) is 4.41. The van der Waals surface area contributed by atoms with Gasteiger partial charge in [-0.25, -0.2) is 9.37 Å². The van der Waals surface area contributed by atoms with Crippen molar-refractivity contribution in [3.8, 4) is 0 Å². The summed E-state index contributed by atoms with van der Waals surface area (Å²) in [5, 5.41) is 9.22. The van der Waals surface area contributed by atoms with Gasteiger partial charge in [0.2, 0.25) is 5.95 Å². The maximum atomic E-state index is 13.0. The molecule has 0 radical (unpaired) electrons. The Morgan fingerprint density at radius 3 is 2.13 bits per heavy atom. The number of rotatable bonds is 6. The summed E-state index contributed by atoms with van der Waals surface area (Å²) in [6.45, 7) is 1.90. The number of para-hydroxylation sites is 1. The van der Waals surface area contributed by atoms with Crippen LogP contribution in [0.1, 0.15) is 16.1 Å². The van der Waals surface area contributed by atoms with Gasteiger partial charge in [-0.15, -0.1) is 0 Å². The average Bonchev–Trinajstić information content (AvgIpc) is 2.76. The lowest BCUT2D eigenvalue weighted by atomic mass is 10.2. The molecule has 0 fully saturated rings. The van der Waals surface area contributed by atoms with E-state index in [0.29, 0.717) is 23.0 Å². The fraction of sp³-hybridized carbons (Fsp3) is 0.0417. The van der Waals surface area contributed by atoms with Gasteiger partial charge in [0.1, 0.15) is 11.6 Å². The van der Waals surface area contributed by atoms with Crippen molar-refractivity contribution in [3.63, 3.8) is 0 Å². The van der Waals surface area contributed by atoms with Gasteiger partial charge in [0.15, 0.2) is 0 Å². The van der Waals surface area contributed by atoms with Crippen LogP contribution in [0.4, 0.5) is 33.2 Å². The molecule has 6 nitrogen and oxygen atoms in total. The van der Waals surface area contributed by atoms with E-state index in [-0.39, 0.29) is 11.7 Å². The molecule has 0 aliphatic carbocycles. The standard InChI is InChI=1S/C24H20FN5O/c1-16-15-22(27-19-5-3-2-4-6-19)30-24(26-16)29-21-13-11-20(12-14-21)28-23(31)17-7-9-18(25)10-8-17/h2-15H,1H3,(H,28,31)(H2,26,27,29,30). The molecule has 0 bridgehead atoms. The molecule has 3 N–H and O–H groups in total. The lowest BCUT2D eigenvalue weighted by Gasteiger charge is -2.11. The number of benzene rings is 3.